The smallest absolute Gasteiger partial charge is 0.226 e. The van der Waals surface area contributed by atoms with E-state index in [0.29, 0.717) is 55.7 Å². The van der Waals surface area contributed by atoms with Crippen LogP contribution in [0.5, 0.6) is 5.75 Å². The van der Waals surface area contributed by atoms with Gasteiger partial charge in [0.15, 0.2) is 0 Å². The van der Waals surface area contributed by atoms with Crippen LogP contribution in [0.25, 0.3) is 11.1 Å². The van der Waals surface area contributed by atoms with Crippen LogP contribution in [-0.4, -0.2) is 79.8 Å². The summed E-state index contributed by atoms with van der Waals surface area (Å²) in [5, 5.41) is 22.7. The number of methoxy groups -OCH3 is 2. The van der Waals surface area contributed by atoms with E-state index < -0.39 is 29.7 Å². The highest BCUT2D eigenvalue weighted by molar-refractivity contribution is 5.79. The van der Waals surface area contributed by atoms with Crippen molar-refractivity contribution in [3.05, 3.63) is 53.3 Å². The van der Waals surface area contributed by atoms with E-state index in [1.807, 2.05) is 31.2 Å². The average molecular weight is 545 g/mol. The zero-order valence-corrected chi connectivity index (χ0v) is 23.1. The topological polar surface area (TPSA) is 114 Å². The molecule has 2 aromatic carbocycles. The first-order valence-electron chi connectivity index (χ1n) is 13.7. The normalized spacial score (nSPS) is 24.9. The van der Waals surface area contributed by atoms with E-state index in [9.17, 15) is 15.0 Å². The molecule has 39 heavy (non-hydrogen) atoms. The lowest BCUT2D eigenvalue weighted by Crippen LogP contribution is -2.55. The Labute approximate surface area is 229 Å². The Bertz CT molecular complexity index is 1140. The summed E-state index contributed by atoms with van der Waals surface area (Å²) in [6.45, 7) is 3.14. The number of carbonyl (C=O) groups excluding carboxylic acids is 1. The van der Waals surface area contributed by atoms with Crippen molar-refractivity contribution in [2.24, 2.45) is 11.7 Å². The van der Waals surface area contributed by atoms with Crippen molar-refractivity contribution in [2.75, 3.05) is 40.5 Å². The van der Waals surface area contributed by atoms with Gasteiger partial charge in [-0.3, -0.25) is 4.79 Å². The molecule has 9 heteroatoms. The number of nitrogens with zero attached hydrogens (tertiary/aromatic N) is 1. The van der Waals surface area contributed by atoms with E-state index in [1.54, 1.807) is 12.0 Å². The van der Waals surface area contributed by atoms with Crippen molar-refractivity contribution in [3.8, 4) is 16.9 Å². The predicted molar refractivity (Wildman–Crippen MR) is 146 cm³/mol. The van der Waals surface area contributed by atoms with E-state index in [2.05, 4.69) is 0 Å². The molecule has 4 N–H and O–H groups in total. The van der Waals surface area contributed by atoms with Gasteiger partial charge in [0.25, 0.3) is 0 Å². The summed E-state index contributed by atoms with van der Waals surface area (Å²) in [7, 11) is 3.12. The fraction of sp³-hybridized carbons (Fsp3) is 0.567. The van der Waals surface area contributed by atoms with Gasteiger partial charge in [0, 0.05) is 43.3 Å². The maximum Gasteiger partial charge on any atom is 0.226 e. The van der Waals surface area contributed by atoms with Crippen molar-refractivity contribution in [1.82, 2.24) is 4.90 Å². The van der Waals surface area contributed by atoms with Gasteiger partial charge in [-0.05, 0) is 56.7 Å². The van der Waals surface area contributed by atoms with E-state index in [0.717, 1.165) is 5.56 Å². The number of aliphatic hydroxyl groups excluding tert-OH is 1. The summed E-state index contributed by atoms with van der Waals surface area (Å²) >= 11 is 0. The lowest BCUT2D eigenvalue weighted by molar-refractivity contribution is -0.168. The molecule has 0 unspecified atom stereocenters. The van der Waals surface area contributed by atoms with Gasteiger partial charge in [0.1, 0.15) is 23.3 Å². The Morgan fingerprint density at radius 1 is 1.23 bits per heavy atom. The number of ether oxygens (including phenoxy) is 3. The molecule has 214 valence electrons. The van der Waals surface area contributed by atoms with Gasteiger partial charge < -0.3 is 35.1 Å². The Morgan fingerprint density at radius 2 is 2.03 bits per heavy atom. The van der Waals surface area contributed by atoms with Crippen LogP contribution in [0.1, 0.15) is 43.2 Å². The Balaban J connectivity index is 1.76. The molecule has 1 aliphatic heterocycles. The quantitative estimate of drug-likeness (QED) is 0.394. The van der Waals surface area contributed by atoms with Gasteiger partial charge in [-0.25, -0.2) is 4.39 Å². The minimum absolute atomic E-state index is 0.109. The fourth-order valence-corrected chi connectivity index (χ4v) is 5.98. The number of carbonyl (C=O) groups is 1. The van der Waals surface area contributed by atoms with Crippen molar-refractivity contribution >= 4 is 5.91 Å². The van der Waals surface area contributed by atoms with Crippen molar-refractivity contribution in [3.63, 3.8) is 0 Å². The van der Waals surface area contributed by atoms with Crippen LogP contribution in [0.15, 0.2) is 36.4 Å². The zero-order chi connectivity index (χ0) is 28.2. The molecule has 0 spiro atoms. The second-order valence-corrected chi connectivity index (χ2v) is 10.8. The van der Waals surface area contributed by atoms with Crippen LogP contribution in [-0.2, 0) is 19.9 Å². The maximum atomic E-state index is 15.7. The molecule has 1 saturated carbocycles. The number of morpholine rings is 1. The summed E-state index contributed by atoms with van der Waals surface area (Å²) in [6.07, 6.45) is 0.697. The van der Waals surface area contributed by atoms with Crippen LogP contribution in [0.4, 0.5) is 4.39 Å². The minimum atomic E-state index is -1.68. The van der Waals surface area contributed by atoms with Crippen LogP contribution in [0.2, 0.25) is 0 Å². The van der Waals surface area contributed by atoms with Gasteiger partial charge in [0.05, 0.1) is 26.4 Å². The van der Waals surface area contributed by atoms with E-state index in [4.69, 9.17) is 19.9 Å². The summed E-state index contributed by atoms with van der Waals surface area (Å²) < 4.78 is 32.8. The number of amides is 1. The van der Waals surface area contributed by atoms with Crippen molar-refractivity contribution in [1.29, 1.82) is 0 Å². The first-order chi connectivity index (χ1) is 18.7. The van der Waals surface area contributed by atoms with E-state index >= 15 is 4.39 Å². The largest absolute Gasteiger partial charge is 0.496 e. The molecule has 2 fully saturated rings. The summed E-state index contributed by atoms with van der Waals surface area (Å²) in [6, 6.07) is 9.91. The molecule has 4 rings (SSSR count). The molecule has 1 amide bonds. The number of rotatable bonds is 10. The summed E-state index contributed by atoms with van der Waals surface area (Å²) in [5.41, 5.74) is 6.43. The molecular weight excluding hydrogens is 503 g/mol. The number of aliphatic hydroxyl groups is 2. The molecule has 1 aliphatic carbocycles. The fourth-order valence-electron chi connectivity index (χ4n) is 5.98. The molecule has 8 nitrogen and oxygen atoms in total. The second kappa shape index (κ2) is 12.7. The number of hydrogen-bond acceptors (Lipinski definition) is 7. The lowest BCUT2D eigenvalue weighted by Gasteiger charge is -2.44. The summed E-state index contributed by atoms with van der Waals surface area (Å²) in [5.74, 6) is -0.624. The zero-order valence-electron chi connectivity index (χ0n) is 23.1. The van der Waals surface area contributed by atoms with Crippen LogP contribution < -0.4 is 10.5 Å². The highest BCUT2D eigenvalue weighted by atomic mass is 19.1. The number of halogens is 1. The SMILES string of the molecule is COCCCC[C@](O)(c1c(OC)ccc(F)c1-c1cccc(C)c1)[C@H]1CN(C(=O)[C@H]2C[C@@H](N)[C@@H](O)C2)CCO1. The predicted octanol–water partition coefficient (Wildman–Crippen LogP) is 3.14. The molecule has 1 heterocycles. The molecule has 1 saturated heterocycles. The highest BCUT2D eigenvalue weighted by Gasteiger charge is 2.47. The third kappa shape index (κ3) is 6.28. The van der Waals surface area contributed by atoms with Crippen LogP contribution in [0, 0.1) is 18.7 Å². The highest BCUT2D eigenvalue weighted by Crippen LogP contribution is 2.46. The van der Waals surface area contributed by atoms with Gasteiger partial charge in [-0.15, -0.1) is 0 Å². The van der Waals surface area contributed by atoms with Crippen LogP contribution >= 0.6 is 0 Å². The van der Waals surface area contributed by atoms with E-state index in [1.165, 1.54) is 19.2 Å². The number of hydrogen-bond donors (Lipinski definition) is 3. The van der Waals surface area contributed by atoms with E-state index in [-0.39, 0.29) is 37.0 Å². The number of nitrogens with two attached hydrogens (primary N) is 1. The van der Waals surface area contributed by atoms with Gasteiger partial charge >= 0.3 is 0 Å². The first kappa shape index (κ1) is 29.4. The molecular formula is C30H41FN2O6. The molecule has 0 radical (unpaired) electrons. The molecule has 2 aromatic rings. The van der Waals surface area contributed by atoms with Gasteiger partial charge in [0.2, 0.25) is 5.91 Å². The lowest BCUT2D eigenvalue weighted by atomic mass is 9.78. The van der Waals surface area contributed by atoms with Gasteiger partial charge in [-0.1, -0.05) is 29.8 Å². The van der Waals surface area contributed by atoms with Gasteiger partial charge in [-0.2, -0.15) is 0 Å². The monoisotopic (exact) mass is 544 g/mol. The number of benzene rings is 2. The average Bonchev–Trinajstić information content (AvgIpc) is 3.28. The van der Waals surface area contributed by atoms with Crippen molar-refractivity contribution in [2.45, 2.75) is 62.9 Å². The maximum absolute atomic E-state index is 15.7. The molecule has 2 aliphatic rings. The summed E-state index contributed by atoms with van der Waals surface area (Å²) in [4.78, 5) is 15.1. The second-order valence-electron chi connectivity index (χ2n) is 10.8. The van der Waals surface area contributed by atoms with Crippen LogP contribution in [0.3, 0.4) is 0 Å². The minimum Gasteiger partial charge on any atom is -0.496 e. The third-order valence-electron chi connectivity index (χ3n) is 8.07. The standard InChI is InChI=1S/C30H41FN2O6/c1-19-7-6-8-20(15-19)27-22(31)9-10-25(38-3)28(27)30(36,11-4-5-13-37-2)26-18-33(12-14-39-26)29(35)21-16-23(32)24(34)17-21/h6-10,15,21,23-24,26,34,36H,4-5,11-14,16-18,32H2,1-3H3/t21-,23+,24-,26+,30+/m0/s1. The van der Waals surface area contributed by atoms with Crippen molar-refractivity contribution < 1.29 is 33.6 Å². The molecule has 0 bridgehead atoms. The Kier molecular flexibility index (Phi) is 9.61. The Hall–Kier alpha value is -2.56. The first-order valence-corrected chi connectivity index (χ1v) is 13.7. The number of unbranched alkanes of at least 4 members (excludes halogenated alkanes) is 1. The number of aryl methyl sites for hydroxylation is 1. The molecule has 5 atom stereocenters. The Morgan fingerprint density at radius 3 is 2.69 bits per heavy atom. The third-order valence-corrected chi connectivity index (χ3v) is 8.07. The molecule has 0 aromatic heterocycles.